The molecule has 3 N–H and O–H groups in total. The Kier molecular flexibility index (Phi) is 6.44. The van der Waals surface area contributed by atoms with Gasteiger partial charge in [-0.15, -0.1) is 0 Å². The summed E-state index contributed by atoms with van der Waals surface area (Å²) in [5.74, 6) is -2.12. The lowest BCUT2D eigenvalue weighted by Crippen LogP contribution is -2.49. The van der Waals surface area contributed by atoms with Gasteiger partial charge in [0.1, 0.15) is 6.04 Å². The van der Waals surface area contributed by atoms with Gasteiger partial charge in [-0.05, 0) is 37.3 Å². The molecule has 1 aliphatic rings. The quantitative estimate of drug-likeness (QED) is 0.456. The summed E-state index contributed by atoms with van der Waals surface area (Å²) in [6.45, 7) is 3.11. The number of nitrogens with one attached hydrogen (secondary N) is 3. The highest BCUT2D eigenvalue weighted by Crippen LogP contribution is 2.24. The van der Waals surface area contributed by atoms with Crippen molar-refractivity contribution in [3.8, 4) is 0 Å². The lowest BCUT2D eigenvalue weighted by atomic mass is 10.1. The Bertz CT molecular complexity index is 1030. The van der Waals surface area contributed by atoms with E-state index in [4.69, 9.17) is 0 Å². The number of fused-ring (bicyclic) bond motifs is 1. The molecule has 31 heavy (non-hydrogen) atoms. The topological polar surface area (TPSA) is 125 Å². The van der Waals surface area contributed by atoms with Crippen LogP contribution >= 0.6 is 0 Å². The van der Waals surface area contributed by atoms with E-state index in [1.807, 2.05) is 0 Å². The maximum absolute atomic E-state index is 12.5. The first-order valence-electron chi connectivity index (χ1n) is 9.70. The fourth-order valence-corrected chi connectivity index (χ4v) is 3.23. The van der Waals surface area contributed by atoms with Crippen LogP contribution in [0.5, 0.6) is 0 Å². The van der Waals surface area contributed by atoms with Crippen molar-refractivity contribution in [2.45, 2.75) is 19.9 Å². The molecule has 1 unspecified atom stereocenters. The monoisotopic (exact) mass is 422 g/mol. The zero-order chi connectivity index (χ0) is 22.5. The number of rotatable bonds is 7. The number of hydrogen-bond acceptors (Lipinski definition) is 5. The van der Waals surface area contributed by atoms with Gasteiger partial charge in [-0.25, -0.2) is 0 Å². The molecule has 0 radical (unpaired) electrons. The summed E-state index contributed by atoms with van der Waals surface area (Å²) >= 11 is 0. The van der Waals surface area contributed by atoms with Crippen LogP contribution in [0.4, 0.5) is 5.69 Å². The number of hydrogen-bond donors (Lipinski definition) is 3. The van der Waals surface area contributed by atoms with Crippen LogP contribution < -0.4 is 16.0 Å². The zero-order valence-corrected chi connectivity index (χ0v) is 17.1. The third-order valence-electron chi connectivity index (χ3n) is 4.75. The summed E-state index contributed by atoms with van der Waals surface area (Å²) in [7, 11) is 0. The van der Waals surface area contributed by atoms with Gasteiger partial charge >= 0.3 is 0 Å². The van der Waals surface area contributed by atoms with Crippen molar-refractivity contribution < 1.29 is 24.0 Å². The highest BCUT2D eigenvalue weighted by Gasteiger charge is 2.40. The summed E-state index contributed by atoms with van der Waals surface area (Å²) in [5.41, 5.74) is 1.42. The van der Waals surface area contributed by atoms with Crippen molar-refractivity contribution in [3.05, 3.63) is 65.2 Å². The predicted octanol–water partition coefficient (Wildman–Crippen LogP) is 1.18. The van der Waals surface area contributed by atoms with Gasteiger partial charge in [0.05, 0.1) is 11.1 Å². The molecule has 5 amide bonds. The van der Waals surface area contributed by atoms with E-state index >= 15 is 0 Å². The Morgan fingerprint density at radius 3 is 2.13 bits per heavy atom. The van der Waals surface area contributed by atoms with Gasteiger partial charge in [0, 0.05) is 31.3 Å². The molecule has 160 valence electrons. The van der Waals surface area contributed by atoms with Crippen LogP contribution in [0.2, 0.25) is 0 Å². The van der Waals surface area contributed by atoms with Crippen molar-refractivity contribution in [3.63, 3.8) is 0 Å². The Morgan fingerprint density at radius 1 is 0.903 bits per heavy atom. The molecule has 0 fully saturated rings. The first kappa shape index (κ1) is 21.7. The van der Waals surface area contributed by atoms with E-state index in [1.54, 1.807) is 48.5 Å². The molecule has 0 aliphatic carbocycles. The van der Waals surface area contributed by atoms with E-state index < -0.39 is 23.8 Å². The largest absolute Gasteiger partial charge is 0.353 e. The second-order valence-corrected chi connectivity index (χ2v) is 7.01. The molecule has 0 bridgehead atoms. The highest BCUT2D eigenvalue weighted by atomic mass is 16.2. The number of carbonyl (C=O) groups excluding carboxylic acids is 5. The molecular weight excluding hydrogens is 400 g/mol. The molecule has 3 rings (SSSR count). The molecule has 9 heteroatoms. The molecule has 2 aromatic rings. The fraction of sp³-hybridized carbons (Fsp3) is 0.227. The van der Waals surface area contributed by atoms with Crippen molar-refractivity contribution >= 4 is 35.2 Å². The molecule has 1 atom stereocenters. The van der Waals surface area contributed by atoms with Crippen LogP contribution in [-0.2, 0) is 9.59 Å². The van der Waals surface area contributed by atoms with Crippen molar-refractivity contribution in [1.82, 2.24) is 15.5 Å². The molecular formula is C22H22N4O5. The van der Waals surface area contributed by atoms with Crippen LogP contribution in [-0.4, -0.2) is 53.6 Å². The third kappa shape index (κ3) is 4.77. The van der Waals surface area contributed by atoms with E-state index in [0.29, 0.717) is 11.3 Å². The summed E-state index contributed by atoms with van der Waals surface area (Å²) < 4.78 is 0. The number of amides is 5. The lowest BCUT2D eigenvalue weighted by Gasteiger charge is -2.21. The minimum Gasteiger partial charge on any atom is -0.353 e. The standard InChI is InChI=1S/C22H22N4O5/c1-13(26-21(30)17-8-3-4-9-18(17)22(26)31)19(28)23-10-11-24-20(29)15-6-5-7-16(12-15)25-14(2)27/h3-9,12-13H,10-11H2,1-2H3,(H,23,28)(H,24,29)(H,25,27). The second kappa shape index (κ2) is 9.21. The molecule has 1 aliphatic heterocycles. The van der Waals surface area contributed by atoms with Gasteiger partial charge in [-0.2, -0.15) is 0 Å². The van der Waals surface area contributed by atoms with Gasteiger partial charge < -0.3 is 16.0 Å². The van der Waals surface area contributed by atoms with Gasteiger partial charge in [0.15, 0.2) is 0 Å². The number of imide groups is 1. The lowest BCUT2D eigenvalue weighted by molar-refractivity contribution is -0.124. The Balaban J connectivity index is 1.49. The van der Waals surface area contributed by atoms with Gasteiger partial charge in [0.25, 0.3) is 17.7 Å². The summed E-state index contributed by atoms with van der Waals surface area (Å²) in [5, 5.41) is 7.88. The van der Waals surface area contributed by atoms with E-state index in [-0.39, 0.29) is 36.0 Å². The maximum Gasteiger partial charge on any atom is 0.262 e. The number of nitrogens with zero attached hydrogens (tertiary/aromatic N) is 1. The maximum atomic E-state index is 12.5. The molecule has 1 heterocycles. The van der Waals surface area contributed by atoms with E-state index in [0.717, 1.165) is 4.90 Å². The summed E-state index contributed by atoms with van der Waals surface area (Å²) in [4.78, 5) is 61.7. The van der Waals surface area contributed by atoms with Gasteiger partial charge in [0.2, 0.25) is 11.8 Å². The predicted molar refractivity (Wildman–Crippen MR) is 112 cm³/mol. The average Bonchev–Trinajstić information content (AvgIpc) is 3.00. The number of benzene rings is 2. The first-order chi connectivity index (χ1) is 14.8. The van der Waals surface area contributed by atoms with E-state index in [9.17, 15) is 24.0 Å². The molecule has 0 saturated heterocycles. The SMILES string of the molecule is CC(=O)Nc1cccc(C(=O)NCCNC(=O)C(C)N2C(=O)c3ccccc3C2=O)c1. The Labute approximate surface area is 178 Å². The third-order valence-corrected chi connectivity index (χ3v) is 4.75. The molecule has 0 spiro atoms. The molecule has 9 nitrogen and oxygen atoms in total. The molecule has 0 aromatic heterocycles. The number of carbonyl (C=O) groups is 5. The fourth-order valence-electron chi connectivity index (χ4n) is 3.23. The van der Waals surface area contributed by atoms with Crippen LogP contribution in [0, 0.1) is 0 Å². The smallest absolute Gasteiger partial charge is 0.262 e. The van der Waals surface area contributed by atoms with E-state index in [1.165, 1.54) is 13.8 Å². The second-order valence-electron chi connectivity index (χ2n) is 7.01. The van der Waals surface area contributed by atoms with Crippen LogP contribution in [0.3, 0.4) is 0 Å². The van der Waals surface area contributed by atoms with Crippen molar-refractivity contribution in [2.75, 3.05) is 18.4 Å². The normalized spacial score (nSPS) is 13.4. The molecule has 0 saturated carbocycles. The van der Waals surface area contributed by atoms with E-state index in [2.05, 4.69) is 16.0 Å². The average molecular weight is 422 g/mol. The molecule has 2 aromatic carbocycles. The Morgan fingerprint density at radius 2 is 1.52 bits per heavy atom. The summed E-state index contributed by atoms with van der Waals surface area (Å²) in [6, 6.07) is 11.9. The zero-order valence-electron chi connectivity index (χ0n) is 17.1. The number of anilines is 1. The first-order valence-corrected chi connectivity index (χ1v) is 9.70. The van der Waals surface area contributed by atoms with Gasteiger partial charge in [-0.3, -0.25) is 28.9 Å². The van der Waals surface area contributed by atoms with Crippen molar-refractivity contribution in [2.24, 2.45) is 0 Å². The summed E-state index contributed by atoms with van der Waals surface area (Å²) in [6.07, 6.45) is 0. The minimum absolute atomic E-state index is 0.115. The van der Waals surface area contributed by atoms with Crippen molar-refractivity contribution in [1.29, 1.82) is 0 Å². The highest BCUT2D eigenvalue weighted by molar-refractivity contribution is 6.22. The minimum atomic E-state index is -0.988. The Hall–Kier alpha value is -4.01. The van der Waals surface area contributed by atoms with Crippen LogP contribution in [0.15, 0.2) is 48.5 Å². The van der Waals surface area contributed by atoms with Gasteiger partial charge in [-0.1, -0.05) is 18.2 Å². The van der Waals surface area contributed by atoms with Crippen LogP contribution in [0.25, 0.3) is 0 Å². The van der Waals surface area contributed by atoms with Crippen LogP contribution in [0.1, 0.15) is 44.9 Å².